The van der Waals surface area contributed by atoms with E-state index in [2.05, 4.69) is 15.9 Å². The first-order chi connectivity index (χ1) is 7.95. The molecule has 1 unspecified atom stereocenters. The van der Waals surface area contributed by atoms with E-state index in [0.717, 1.165) is 9.35 Å². The molecule has 0 radical (unpaired) electrons. The summed E-state index contributed by atoms with van der Waals surface area (Å²) in [5.74, 6) is -0.138. The van der Waals surface area contributed by atoms with Gasteiger partial charge in [-0.3, -0.25) is 4.79 Å². The Labute approximate surface area is 115 Å². The van der Waals surface area contributed by atoms with Gasteiger partial charge in [-0.1, -0.05) is 13.8 Å². The standard InChI is InChI=1S/C12H18BrNO2S/c1-8(2)11(6-15)12(16)14(3)5-10-4-9(13)7-17-10/h4,7-8,11,15H,5-6H2,1-3H3. The topological polar surface area (TPSA) is 40.5 Å². The van der Waals surface area contributed by atoms with Crippen LogP contribution in [0.2, 0.25) is 0 Å². The van der Waals surface area contributed by atoms with E-state index in [4.69, 9.17) is 0 Å². The average Bonchev–Trinajstić information content (AvgIpc) is 2.64. The van der Waals surface area contributed by atoms with E-state index < -0.39 is 0 Å². The maximum Gasteiger partial charge on any atom is 0.228 e. The van der Waals surface area contributed by atoms with Crippen LogP contribution < -0.4 is 0 Å². The molecular weight excluding hydrogens is 302 g/mol. The highest BCUT2D eigenvalue weighted by Crippen LogP contribution is 2.22. The van der Waals surface area contributed by atoms with Gasteiger partial charge < -0.3 is 10.0 Å². The van der Waals surface area contributed by atoms with E-state index in [1.165, 1.54) is 0 Å². The molecule has 5 heteroatoms. The maximum atomic E-state index is 12.1. The fraction of sp³-hybridized carbons (Fsp3) is 0.583. The van der Waals surface area contributed by atoms with Crippen molar-refractivity contribution in [2.45, 2.75) is 20.4 Å². The van der Waals surface area contributed by atoms with Gasteiger partial charge in [0, 0.05) is 21.8 Å². The highest BCUT2D eigenvalue weighted by atomic mass is 79.9. The first kappa shape index (κ1) is 14.7. The monoisotopic (exact) mass is 319 g/mol. The van der Waals surface area contributed by atoms with Gasteiger partial charge in [-0.05, 0) is 27.9 Å². The van der Waals surface area contributed by atoms with Crippen molar-refractivity contribution in [2.24, 2.45) is 11.8 Å². The number of hydrogen-bond donors (Lipinski definition) is 1. The fourth-order valence-corrected chi connectivity index (χ4v) is 3.11. The van der Waals surface area contributed by atoms with Gasteiger partial charge >= 0.3 is 0 Å². The van der Waals surface area contributed by atoms with Gasteiger partial charge in [0.25, 0.3) is 0 Å². The highest BCUT2D eigenvalue weighted by molar-refractivity contribution is 9.10. The quantitative estimate of drug-likeness (QED) is 0.906. The predicted octanol–water partition coefficient (Wildman–Crippen LogP) is 2.73. The van der Waals surface area contributed by atoms with Gasteiger partial charge in [0.1, 0.15) is 0 Å². The Morgan fingerprint density at radius 2 is 2.24 bits per heavy atom. The molecule has 1 atom stereocenters. The lowest BCUT2D eigenvalue weighted by molar-refractivity contribution is -0.137. The van der Waals surface area contributed by atoms with Crippen LogP contribution in [0.25, 0.3) is 0 Å². The fourth-order valence-electron chi connectivity index (χ4n) is 1.61. The molecule has 0 aromatic carbocycles. The van der Waals surface area contributed by atoms with Gasteiger partial charge in [0.2, 0.25) is 5.91 Å². The molecule has 1 amide bonds. The molecular formula is C12H18BrNO2S. The third-order valence-corrected chi connectivity index (χ3v) is 4.39. The molecule has 1 heterocycles. The number of hydrogen-bond acceptors (Lipinski definition) is 3. The third kappa shape index (κ3) is 4.08. The van der Waals surface area contributed by atoms with Crippen LogP contribution in [0, 0.1) is 11.8 Å². The van der Waals surface area contributed by atoms with Crippen molar-refractivity contribution in [2.75, 3.05) is 13.7 Å². The molecule has 1 N–H and O–H groups in total. The molecule has 0 saturated carbocycles. The molecule has 1 aromatic rings. The first-order valence-corrected chi connectivity index (χ1v) is 7.21. The van der Waals surface area contributed by atoms with Crippen molar-refractivity contribution >= 4 is 33.2 Å². The lowest BCUT2D eigenvalue weighted by Gasteiger charge is -2.24. The zero-order chi connectivity index (χ0) is 13.0. The largest absolute Gasteiger partial charge is 0.396 e. The second-order valence-corrected chi connectivity index (χ2v) is 6.37. The Morgan fingerprint density at radius 1 is 1.59 bits per heavy atom. The Bertz CT molecular complexity index is 378. The number of aliphatic hydroxyl groups excluding tert-OH is 1. The average molecular weight is 320 g/mol. The smallest absolute Gasteiger partial charge is 0.228 e. The summed E-state index contributed by atoms with van der Waals surface area (Å²) in [4.78, 5) is 14.9. The van der Waals surface area contributed by atoms with Gasteiger partial charge in [-0.2, -0.15) is 0 Å². The zero-order valence-corrected chi connectivity index (χ0v) is 12.7. The molecule has 96 valence electrons. The molecule has 1 rings (SSSR count). The summed E-state index contributed by atoms with van der Waals surface area (Å²) in [7, 11) is 1.78. The van der Waals surface area contributed by atoms with E-state index in [-0.39, 0.29) is 24.3 Å². The van der Waals surface area contributed by atoms with Crippen LogP contribution in [0.5, 0.6) is 0 Å². The van der Waals surface area contributed by atoms with Crippen LogP contribution in [0.3, 0.4) is 0 Å². The van der Waals surface area contributed by atoms with Crippen molar-refractivity contribution in [3.63, 3.8) is 0 Å². The summed E-state index contributed by atoms with van der Waals surface area (Å²) < 4.78 is 1.04. The van der Waals surface area contributed by atoms with Crippen molar-refractivity contribution in [1.29, 1.82) is 0 Å². The predicted molar refractivity (Wildman–Crippen MR) is 73.9 cm³/mol. The molecule has 0 spiro atoms. The van der Waals surface area contributed by atoms with E-state index >= 15 is 0 Å². The Balaban J connectivity index is 2.63. The van der Waals surface area contributed by atoms with Crippen molar-refractivity contribution in [3.05, 3.63) is 20.8 Å². The van der Waals surface area contributed by atoms with Crippen LogP contribution in [-0.2, 0) is 11.3 Å². The normalized spacial score (nSPS) is 12.8. The molecule has 0 aliphatic carbocycles. The molecule has 0 fully saturated rings. The van der Waals surface area contributed by atoms with Gasteiger partial charge in [0.05, 0.1) is 19.1 Å². The second kappa shape index (κ2) is 6.52. The molecule has 0 bridgehead atoms. The Morgan fingerprint density at radius 3 is 2.65 bits per heavy atom. The minimum atomic E-state index is -0.302. The minimum absolute atomic E-state index is 0.00650. The van der Waals surface area contributed by atoms with Gasteiger partial charge in [-0.25, -0.2) is 0 Å². The highest BCUT2D eigenvalue weighted by Gasteiger charge is 2.24. The van der Waals surface area contributed by atoms with Crippen LogP contribution in [0.1, 0.15) is 18.7 Å². The van der Waals surface area contributed by atoms with E-state index in [1.54, 1.807) is 23.3 Å². The number of carbonyl (C=O) groups is 1. The zero-order valence-electron chi connectivity index (χ0n) is 10.3. The minimum Gasteiger partial charge on any atom is -0.396 e. The van der Waals surface area contributed by atoms with Crippen LogP contribution in [0.15, 0.2) is 15.9 Å². The molecule has 3 nitrogen and oxygen atoms in total. The van der Waals surface area contributed by atoms with Crippen molar-refractivity contribution in [3.8, 4) is 0 Å². The number of amides is 1. The molecule has 17 heavy (non-hydrogen) atoms. The summed E-state index contributed by atoms with van der Waals surface area (Å²) in [6.07, 6.45) is 0. The summed E-state index contributed by atoms with van der Waals surface area (Å²) >= 11 is 5.01. The SMILES string of the molecule is CC(C)C(CO)C(=O)N(C)Cc1cc(Br)cs1. The molecule has 0 aliphatic rings. The second-order valence-electron chi connectivity index (χ2n) is 4.46. The number of aliphatic hydroxyl groups is 1. The van der Waals surface area contributed by atoms with Crippen LogP contribution in [-0.4, -0.2) is 29.6 Å². The first-order valence-electron chi connectivity index (χ1n) is 5.54. The van der Waals surface area contributed by atoms with E-state index in [1.807, 2.05) is 25.3 Å². The van der Waals surface area contributed by atoms with Crippen molar-refractivity contribution in [1.82, 2.24) is 4.90 Å². The summed E-state index contributed by atoms with van der Waals surface area (Å²) in [5, 5.41) is 11.2. The third-order valence-electron chi connectivity index (χ3n) is 2.71. The van der Waals surface area contributed by atoms with Gasteiger partial charge in [-0.15, -0.1) is 11.3 Å². The van der Waals surface area contributed by atoms with Crippen molar-refractivity contribution < 1.29 is 9.90 Å². The maximum absolute atomic E-state index is 12.1. The number of nitrogens with zero attached hydrogens (tertiary/aromatic N) is 1. The number of thiophene rings is 1. The van der Waals surface area contributed by atoms with Gasteiger partial charge in [0.15, 0.2) is 0 Å². The summed E-state index contributed by atoms with van der Waals surface area (Å²) in [6.45, 7) is 4.41. The molecule has 0 saturated heterocycles. The number of carbonyl (C=O) groups excluding carboxylic acids is 1. The molecule has 1 aromatic heterocycles. The summed E-state index contributed by atoms with van der Waals surface area (Å²) in [6, 6.07) is 2.01. The number of halogens is 1. The van der Waals surface area contributed by atoms with Crippen LogP contribution in [0.4, 0.5) is 0 Å². The van der Waals surface area contributed by atoms with E-state index in [9.17, 15) is 9.90 Å². The van der Waals surface area contributed by atoms with Crippen LogP contribution >= 0.6 is 27.3 Å². The molecule has 0 aliphatic heterocycles. The lowest BCUT2D eigenvalue weighted by Crippen LogP contribution is -2.36. The summed E-state index contributed by atoms with van der Waals surface area (Å²) in [5.41, 5.74) is 0. The Kier molecular flexibility index (Phi) is 5.62. The Hall–Kier alpha value is -0.390. The number of rotatable bonds is 5. The lowest BCUT2D eigenvalue weighted by atomic mass is 9.95. The van der Waals surface area contributed by atoms with E-state index in [0.29, 0.717) is 6.54 Å².